The predicted molar refractivity (Wildman–Crippen MR) is 77.5 cm³/mol. The lowest BCUT2D eigenvalue weighted by Crippen LogP contribution is -2.03. The molecule has 0 aromatic heterocycles. The third-order valence-electron chi connectivity index (χ3n) is 2.81. The molecule has 100 valence electrons. The van der Waals surface area contributed by atoms with Crippen LogP contribution in [0.4, 0.5) is 4.39 Å². The van der Waals surface area contributed by atoms with E-state index in [2.05, 4.69) is 15.9 Å². The topological polar surface area (TPSA) is 35.2 Å². The number of halogens is 2. The second-order valence-electron chi connectivity index (χ2n) is 4.35. The minimum atomic E-state index is -0.275. The number of hydrogen-bond donors (Lipinski definition) is 1. The maximum Gasteiger partial charge on any atom is 0.134 e. The van der Waals surface area contributed by atoms with E-state index in [1.165, 1.54) is 6.07 Å². The van der Waals surface area contributed by atoms with Crippen LogP contribution in [-0.4, -0.2) is 0 Å². The van der Waals surface area contributed by atoms with Crippen molar-refractivity contribution in [1.29, 1.82) is 0 Å². The van der Waals surface area contributed by atoms with Crippen LogP contribution in [0.25, 0.3) is 0 Å². The van der Waals surface area contributed by atoms with Gasteiger partial charge in [-0.05, 0) is 58.2 Å². The summed E-state index contributed by atoms with van der Waals surface area (Å²) in [5.74, 6) is 0.493. The summed E-state index contributed by atoms with van der Waals surface area (Å²) in [6, 6.07) is 10.7. The van der Waals surface area contributed by atoms with Crippen LogP contribution in [0.5, 0.6) is 5.75 Å². The first kappa shape index (κ1) is 14.0. The van der Waals surface area contributed by atoms with Gasteiger partial charge in [0.2, 0.25) is 0 Å². The van der Waals surface area contributed by atoms with E-state index in [-0.39, 0.29) is 12.4 Å². The molecule has 0 heterocycles. The molecule has 2 aromatic carbocycles. The van der Waals surface area contributed by atoms with Crippen molar-refractivity contribution >= 4 is 15.9 Å². The Balaban J connectivity index is 2.10. The zero-order valence-electron chi connectivity index (χ0n) is 10.6. The number of nitrogens with two attached hydrogens (primary N) is 1. The van der Waals surface area contributed by atoms with E-state index in [0.29, 0.717) is 12.2 Å². The highest BCUT2D eigenvalue weighted by Crippen LogP contribution is 2.26. The van der Waals surface area contributed by atoms with Crippen molar-refractivity contribution in [2.75, 3.05) is 0 Å². The van der Waals surface area contributed by atoms with Crippen molar-refractivity contribution in [1.82, 2.24) is 0 Å². The van der Waals surface area contributed by atoms with Gasteiger partial charge >= 0.3 is 0 Å². The zero-order valence-corrected chi connectivity index (χ0v) is 12.2. The molecule has 0 unspecified atom stereocenters. The van der Waals surface area contributed by atoms with E-state index in [1.807, 2.05) is 25.1 Å². The Hall–Kier alpha value is -1.39. The summed E-state index contributed by atoms with van der Waals surface area (Å²) in [6.07, 6.45) is 0. The lowest BCUT2D eigenvalue weighted by Gasteiger charge is -2.10. The normalized spacial score (nSPS) is 10.5. The largest absolute Gasteiger partial charge is 0.488 e. The van der Waals surface area contributed by atoms with Crippen molar-refractivity contribution in [3.63, 3.8) is 0 Å². The first-order valence-electron chi connectivity index (χ1n) is 5.96. The summed E-state index contributed by atoms with van der Waals surface area (Å²) < 4.78 is 19.9. The third kappa shape index (κ3) is 3.55. The summed E-state index contributed by atoms with van der Waals surface area (Å²) in [6.45, 7) is 2.59. The average molecular weight is 324 g/mol. The van der Waals surface area contributed by atoms with Crippen LogP contribution in [0.2, 0.25) is 0 Å². The Morgan fingerprint density at radius 1 is 1.21 bits per heavy atom. The van der Waals surface area contributed by atoms with Gasteiger partial charge in [0.1, 0.15) is 18.2 Å². The molecule has 19 heavy (non-hydrogen) atoms. The zero-order chi connectivity index (χ0) is 13.8. The van der Waals surface area contributed by atoms with Gasteiger partial charge in [0.25, 0.3) is 0 Å². The number of aryl methyl sites for hydroxylation is 1. The van der Waals surface area contributed by atoms with Gasteiger partial charge in [-0.15, -0.1) is 0 Å². The van der Waals surface area contributed by atoms with Crippen molar-refractivity contribution in [2.24, 2.45) is 5.73 Å². The van der Waals surface area contributed by atoms with Crippen molar-refractivity contribution in [3.05, 3.63) is 63.4 Å². The summed E-state index contributed by atoms with van der Waals surface area (Å²) in [5.41, 5.74) is 8.04. The first-order chi connectivity index (χ1) is 9.10. The molecule has 0 spiro atoms. The number of hydrogen-bond acceptors (Lipinski definition) is 2. The molecule has 0 aliphatic heterocycles. The molecule has 2 rings (SSSR count). The maximum absolute atomic E-state index is 13.3. The van der Waals surface area contributed by atoms with Crippen LogP contribution < -0.4 is 10.5 Å². The summed E-state index contributed by atoms with van der Waals surface area (Å²) in [4.78, 5) is 0. The standard InChI is InChI=1S/C15H15BrFNO/c1-10-2-5-15(13(16)6-10)19-9-11-3-4-14(17)12(7-11)8-18/h2-7H,8-9,18H2,1H3. The molecule has 0 atom stereocenters. The predicted octanol–water partition coefficient (Wildman–Crippen LogP) is 3.93. The number of rotatable bonds is 4. The Labute approximate surface area is 120 Å². The van der Waals surface area contributed by atoms with E-state index in [1.54, 1.807) is 12.1 Å². The minimum absolute atomic E-state index is 0.188. The molecule has 0 fully saturated rings. The molecule has 0 bridgehead atoms. The van der Waals surface area contributed by atoms with Crippen LogP contribution in [0, 0.1) is 12.7 Å². The second-order valence-corrected chi connectivity index (χ2v) is 5.21. The molecule has 0 radical (unpaired) electrons. The third-order valence-corrected chi connectivity index (χ3v) is 3.43. The van der Waals surface area contributed by atoms with E-state index in [9.17, 15) is 4.39 Å². The fraction of sp³-hybridized carbons (Fsp3) is 0.200. The lowest BCUT2D eigenvalue weighted by atomic mass is 10.1. The number of ether oxygens (including phenoxy) is 1. The van der Waals surface area contributed by atoms with Gasteiger partial charge in [0, 0.05) is 12.1 Å². The molecule has 2 aromatic rings. The monoisotopic (exact) mass is 323 g/mol. The lowest BCUT2D eigenvalue weighted by molar-refractivity contribution is 0.304. The molecule has 0 saturated heterocycles. The van der Waals surface area contributed by atoms with E-state index in [4.69, 9.17) is 10.5 Å². The fourth-order valence-corrected chi connectivity index (χ4v) is 2.37. The summed E-state index contributed by atoms with van der Waals surface area (Å²) in [7, 11) is 0. The SMILES string of the molecule is Cc1ccc(OCc2ccc(F)c(CN)c2)c(Br)c1. The Morgan fingerprint density at radius 2 is 2.00 bits per heavy atom. The molecular weight excluding hydrogens is 309 g/mol. The van der Waals surface area contributed by atoms with Crippen LogP contribution in [0.1, 0.15) is 16.7 Å². The van der Waals surface area contributed by atoms with Crippen molar-refractivity contribution in [2.45, 2.75) is 20.1 Å². The quantitative estimate of drug-likeness (QED) is 0.925. The van der Waals surface area contributed by atoms with Gasteiger partial charge in [-0.1, -0.05) is 12.1 Å². The Morgan fingerprint density at radius 3 is 2.68 bits per heavy atom. The van der Waals surface area contributed by atoms with Gasteiger partial charge in [0.15, 0.2) is 0 Å². The van der Waals surface area contributed by atoms with E-state index >= 15 is 0 Å². The van der Waals surface area contributed by atoms with Crippen LogP contribution in [-0.2, 0) is 13.2 Å². The highest BCUT2D eigenvalue weighted by molar-refractivity contribution is 9.10. The van der Waals surface area contributed by atoms with Gasteiger partial charge in [-0.2, -0.15) is 0 Å². The van der Waals surface area contributed by atoms with E-state index < -0.39 is 0 Å². The first-order valence-corrected chi connectivity index (χ1v) is 6.76. The molecule has 4 heteroatoms. The molecule has 2 N–H and O–H groups in total. The highest BCUT2D eigenvalue weighted by Gasteiger charge is 2.05. The highest BCUT2D eigenvalue weighted by atomic mass is 79.9. The van der Waals surface area contributed by atoms with Crippen LogP contribution in [0.3, 0.4) is 0 Å². The molecular formula is C15H15BrFNO. The van der Waals surface area contributed by atoms with Crippen molar-refractivity contribution < 1.29 is 9.13 Å². The minimum Gasteiger partial charge on any atom is -0.488 e. The molecule has 0 saturated carbocycles. The Kier molecular flexibility index (Phi) is 4.56. The smallest absolute Gasteiger partial charge is 0.134 e. The van der Waals surface area contributed by atoms with Gasteiger partial charge < -0.3 is 10.5 Å². The van der Waals surface area contributed by atoms with Gasteiger partial charge in [-0.25, -0.2) is 4.39 Å². The molecule has 0 aliphatic rings. The maximum atomic E-state index is 13.3. The van der Waals surface area contributed by atoms with Crippen LogP contribution >= 0.6 is 15.9 Å². The molecule has 0 amide bonds. The fourth-order valence-electron chi connectivity index (χ4n) is 1.76. The van der Waals surface area contributed by atoms with Crippen LogP contribution in [0.15, 0.2) is 40.9 Å². The van der Waals surface area contributed by atoms with E-state index in [0.717, 1.165) is 21.3 Å². The molecule has 0 aliphatic carbocycles. The van der Waals surface area contributed by atoms with Crippen molar-refractivity contribution in [3.8, 4) is 5.75 Å². The number of benzene rings is 2. The molecule has 2 nitrogen and oxygen atoms in total. The second kappa shape index (κ2) is 6.17. The average Bonchev–Trinajstić information content (AvgIpc) is 2.39. The Bertz CT molecular complexity index is 586. The van der Waals surface area contributed by atoms with Gasteiger partial charge in [-0.3, -0.25) is 0 Å². The summed E-state index contributed by atoms with van der Waals surface area (Å²) >= 11 is 3.46. The summed E-state index contributed by atoms with van der Waals surface area (Å²) in [5, 5.41) is 0. The van der Waals surface area contributed by atoms with Gasteiger partial charge in [0.05, 0.1) is 4.47 Å².